The molecule has 2 aromatic rings. The van der Waals surface area contributed by atoms with Gasteiger partial charge in [0.2, 0.25) is 0 Å². The van der Waals surface area contributed by atoms with Crippen LogP contribution in [0.25, 0.3) is 0 Å². The first kappa shape index (κ1) is 24.7. The Morgan fingerprint density at radius 1 is 1.00 bits per heavy atom. The van der Waals surface area contributed by atoms with Crippen molar-refractivity contribution in [3.8, 4) is 0 Å². The topological polar surface area (TPSA) is 114 Å². The third-order valence-corrected chi connectivity index (χ3v) is 6.93. The molecule has 0 aromatic carbocycles. The van der Waals surface area contributed by atoms with E-state index >= 15 is 0 Å². The number of anilines is 1. The van der Waals surface area contributed by atoms with Crippen molar-refractivity contribution in [1.29, 1.82) is 0 Å². The lowest BCUT2D eigenvalue weighted by atomic mass is 10.1. The monoisotopic (exact) mass is 504 g/mol. The van der Waals surface area contributed by atoms with Gasteiger partial charge in [0.25, 0.3) is 11.8 Å². The van der Waals surface area contributed by atoms with Crippen LogP contribution in [0, 0.1) is 0 Å². The maximum absolute atomic E-state index is 13.0. The highest BCUT2D eigenvalue weighted by atomic mass is 16.2. The second kappa shape index (κ2) is 10.5. The molecule has 0 radical (unpaired) electrons. The summed E-state index contributed by atoms with van der Waals surface area (Å²) in [5.74, 6) is 1.18. The van der Waals surface area contributed by atoms with E-state index in [1.54, 1.807) is 35.6 Å². The number of nitrogens with one attached hydrogen (secondary N) is 1. The number of carbonyl (C=O) groups excluding carboxylic acids is 3. The minimum absolute atomic E-state index is 0.0137. The Morgan fingerprint density at radius 3 is 2.38 bits per heavy atom. The molecular weight excluding hydrogens is 472 g/mol. The van der Waals surface area contributed by atoms with Crippen LogP contribution < -0.4 is 10.2 Å². The molecule has 1 N–H and O–H groups in total. The summed E-state index contributed by atoms with van der Waals surface area (Å²) >= 11 is 0. The molecule has 2 atom stereocenters. The van der Waals surface area contributed by atoms with E-state index in [9.17, 15) is 14.4 Å². The number of amides is 4. The van der Waals surface area contributed by atoms with Gasteiger partial charge in [0.15, 0.2) is 6.17 Å². The molecule has 5 heterocycles. The van der Waals surface area contributed by atoms with Crippen LogP contribution in [0.15, 0.2) is 47.8 Å². The van der Waals surface area contributed by atoms with Crippen molar-refractivity contribution in [1.82, 2.24) is 30.0 Å². The van der Waals surface area contributed by atoms with Gasteiger partial charge in [-0.05, 0) is 37.1 Å². The first-order valence-corrected chi connectivity index (χ1v) is 12.9. The fourth-order valence-electron chi connectivity index (χ4n) is 5.02. The largest absolute Gasteiger partial charge is 0.355 e. The van der Waals surface area contributed by atoms with Gasteiger partial charge < -0.3 is 15.1 Å². The molecule has 0 bridgehead atoms. The Morgan fingerprint density at radius 2 is 1.73 bits per heavy atom. The van der Waals surface area contributed by atoms with E-state index in [2.05, 4.69) is 20.2 Å². The molecule has 0 saturated carbocycles. The van der Waals surface area contributed by atoms with Crippen LogP contribution in [0.5, 0.6) is 0 Å². The average Bonchev–Trinajstić information content (AvgIpc) is 3.39. The number of pyridine rings is 2. The normalized spacial score (nSPS) is 21.6. The molecule has 11 heteroatoms. The van der Waals surface area contributed by atoms with E-state index in [-0.39, 0.29) is 17.8 Å². The van der Waals surface area contributed by atoms with Gasteiger partial charge in [0, 0.05) is 69.0 Å². The molecule has 3 aliphatic rings. The van der Waals surface area contributed by atoms with Gasteiger partial charge in [-0.2, -0.15) is 0 Å². The Labute approximate surface area is 216 Å². The molecule has 2 saturated heterocycles. The number of piperazine rings is 1. The Bertz CT molecular complexity index is 1180. The Kier molecular flexibility index (Phi) is 7.02. The van der Waals surface area contributed by atoms with Crippen LogP contribution in [0.2, 0.25) is 0 Å². The van der Waals surface area contributed by atoms with Crippen LogP contribution in [-0.4, -0.2) is 99.8 Å². The number of rotatable bonds is 7. The van der Waals surface area contributed by atoms with Gasteiger partial charge in [0.1, 0.15) is 17.7 Å². The molecule has 5 rings (SSSR count). The third kappa shape index (κ3) is 4.73. The Balaban J connectivity index is 1.25. The molecule has 4 amide bonds. The summed E-state index contributed by atoms with van der Waals surface area (Å²) in [7, 11) is 0. The van der Waals surface area contributed by atoms with Crippen molar-refractivity contribution < 1.29 is 14.4 Å². The second-order valence-corrected chi connectivity index (χ2v) is 9.40. The maximum atomic E-state index is 13.0. The molecule has 2 aromatic heterocycles. The summed E-state index contributed by atoms with van der Waals surface area (Å²) in [6, 6.07) is 6.48. The van der Waals surface area contributed by atoms with Crippen LogP contribution >= 0.6 is 0 Å². The molecule has 11 nitrogen and oxygen atoms in total. The number of fused-ring (bicyclic) bond motifs is 1. The molecular formula is C26H32N8O3. The highest BCUT2D eigenvalue weighted by Crippen LogP contribution is 2.25. The quantitative estimate of drug-likeness (QED) is 0.609. The summed E-state index contributed by atoms with van der Waals surface area (Å²) in [6.07, 6.45) is 5.94. The molecule has 2 fully saturated rings. The summed E-state index contributed by atoms with van der Waals surface area (Å²) in [4.78, 5) is 59.1. The van der Waals surface area contributed by atoms with Gasteiger partial charge in [-0.3, -0.25) is 24.4 Å². The molecule has 37 heavy (non-hydrogen) atoms. The van der Waals surface area contributed by atoms with Crippen LogP contribution in [0.3, 0.4) is 0 Å². The highest BCUT2D eigenvalue weighted by molar-refractivity contribution is 6.08. The average molecular weight is 505 g/mol. The lowest BCUT2D eigenvalue weighted by molar-refractivity contribution is -0.134. The van der Waals surface area contributed by atoms with Crippen molar-refractivity contribution in [2.75, 3.05) is 44.2 Å². The number of nitrogens with zero attached hydrogens (tertiary/aromatic N) is 7. The number of hydrogen-bond acceptors (Lipinski definition) is 8. The van der Waals surface area contributed by atoms with Crippen molar-refractivity contribution in [3.63, 3.8) is 0 Å². The zero-order chi connectivity index (χ0) is 25.9. The van der Waals surface area contributed by atoms with E-state index < -0.39 is 12.2 Å². The zero-order valence-electron chi connectivity index (χ0n) is 21.2. The molecule has 3 aliphatic heterocycles. The number of hydrogen-bond donors (Lipinski definition) is 1. The second-order valence-electron chi connectivity index (χ2n) is 9.40. The fourth-order valence-corrected chi connectivity index (χ4v) is 5.02. The Hall–Kier alpha value is -4.02. The van der Waals surface area contributed by atoms with Gasteiger partial charge in [-0.25, -0.2) is 14.8 Å². The SMILES string of the molecule is CCCN1C(=O)C2NC(c3ccc(N4CCN(C(=O)c5ccncc5)CC4)nc3)=NC2N(CCC)C1=O. The summed E-state index contributed by atoms with van der Waals surface area (Å²) in [6.45, 7) is 7.49. The fraction of sp³-hybridized carbons (Fsp3) is 0.462. The first-order chi connectivity index (χ1) is 18.0. The van der Waals surface area contributed by atoms with E-state index in [0.29, 0.717) is 57.1 Å². The highest BCUT2D eigenvalue weighted by Gasteiger charge is 2.49. The van der Waals surface area contributed by atoms with Gasteiger partial charge in [0.05, 0.1) is 0 Å². The summed E-state index contributed by atoms with van der Waals surface area (Å²) in [5.41, 5.74) is 1.41. The van der Waals surface area contributed by atoms with Crippen molar-refractivity contribution in [3.05, 3.63) is 54.0 Å². The lowest BCUT2D eigenvalue weighted by Crippen LogP contribution is -2.65. The zero-order valence-corrected chi connectivity index (χ0v) is 21.2. The summed E-state index contributed by atoms with van der Waals surface area (Å²) in [5, 5.41) is 3.25. The van der Waals surface area contributed by atoms with Crippen molar-refractivity contribution >= 4 is 29.5 Å². The molecule has 0 aliphatic carbocycles. The first-order valence-electron chi connectivity index (χ1n) is 12.9. The predicted molar refractivity (Wildman–Crippen MR) is 138 cm³/mol. The van der Waals surface area contributed by atoms with Crippen molar-refractivity contribution in [2.24, 2.45) is 4.99 Å². The van der Waals surface area contributed by atoms with Crippen LogP contribution in [-0.2, 0) is 4.79 Å². The molecule has 194 valence electrons. The predicted octanol–water partition coefficient (Wildman–Crippen LogP) is 1.57. The number of imide groups is 1. The minimum Gasteiger partial charge on any atom is -0.355 e. The lowest BCUT2D eigenvalue weighted by Gasteiger charge is -2.40. The maximum Gasteiger partial charge on any atom is 0.328 e. The number of carbonyl (C=O) groups is 3. The van der Waals surface area contributed by atoms with E-state index in [1.807, 2.05) is 30.9 Å². The van der Waals surface area contributed by atoms with Gasteiger partial charge >= 0.3 is 6.03 Å². The molecule has 0 spiro atoms. The number of aromatic nitrogens is 2. The number of aliphatic imine (C=N–C) groups is 1. The van der Waals surface area contributed by atoms with E-state index in [1.165, 1.54) is 4.90 Å². The van der Waals surface area contributed by atoms with Crippen LogP contribution in [0.4, 0.5) is 10.6 Å². The summed E-state index contributed by atoms with van der Waals surface area (Å²) < 4.78 is 0. The van der Waals surface area contributed by atoms with Gasteiger partial charge in [-0.15, -0.1) is 0 Å². The van der Waals surface area contributed by atoms with E-state index in [0.717, 1.165) is 17.8 Å². The smallest absolute Gasteiger partial charge is 0.328 e. The van der Waals surface area contributed by atoms with Crippen LogP contribution in [0.1, 0.15) is 42.6 Å². The van der Waals surface area contributed by atoms with Gasteiger partial charge in [-0.1, -0.05) is 13.8 Å². The van der Waals surface area contributed by atoms with E-state index in [4.69, 9.17) is 4.99 Å². The third-order valence-electron chi connectivity index (χ3n) is 6.93. The standard InChI is InChI=1S/C26H32N8O3/c1-3-11-33-23-21(25(36)34(12-4-2)26(33)37)29-22(30-23)19-5-6-20(28-17-19)31-13-15-32(16-14-31)24(35)18-7-9-27-10-8-18/h5-10,17,21,23H,3-4,11-16H2,1-2H3,(H,29,30). The van der Waals surface area contributed by atoms with Crippen molar-refractivity contribution in [2.45, 2.75) is 38.9 Å². The number of amidine groups is 1. The molecule has 2 unspecified atom stereocenters. The minimum atomic E-state index is -0.587. The number of urea groups is 1.